The van der Waals surface area contributed by atoms with Gasteiger partial charge in [0.2, 0.25) is 5.91 Å². The quantitative estimate of drug-likeness (QED) is 0.386. The summed E-state index contributed by atoms with van der Waals surface area (Å²) in [6.45, 7) is -0.252. The molecule has 1 aliphatic heterocycles. The van der Waals surface area contributed by atoms with Crippen molar-refractivity contribution in [2.75, 3.05) is 23.7 Å². The van der Waals surface area contributed by atoms with Crippen LogP contribution in [0.2, 0.25) is 0 Å². The molecule has 0 fully saturated rings. The third-order valence-electron chi connectivity index (χ3n) is 4.29. The summed E-state index contributed by atoms with van der Waals surface area (Å²) in [6, 6.07) is 11.5. The maximum absolute atomic E-state index is 12.4. The lowest BCUT2D eigenvalue weighted by atomic mass is 10.1. The van der Waals surface area contributed by atoms with Gasteiger partial charge >= 0.3 is 5.97 Å². The second-order valence-electron chi connectivity index (χ2n) is 6.31. The van der Waals surface area contributed by atoms with Crippen LogP contribution in [0.5, 0.6) is 0 Å². The zero-order valence-electron chi connectivity index (χ0n) is 14.9. The maximum Gasteiger partial charge on any atom is 0.323 e. The van der Waals surface area contributed by atoms with E-state index in [9.17, 15) is 14.4 Å². The highest BCUT2D eigenvalue weighted by atomic mass is 16.4. The third kappa shape index (κ3) is 4.26. The highest BCUT2D eigenvalue weighted by Crippen LogP contribution is 2.25. The highest BCUT2D eigenvalue weighted by molar-refractivity contribution is 6.05. The van der Waals surface area contributed by atoms with Crippen molar-refractivity contribution in [1.82, 2.24) is 4.90 Å². The van der Waals surface area contributed by atoms with Gasteiger partial charge in [0.1, 0.15) is 12.4 Å². The highest BCUT2D eigenvalue weighted by Gasteiger charge is 2.22. The number of benzene rings is 2. The van der Waals surface area contributed by atoms with Gasteiger partial charge in [0, 0.05) is 29.0 Å². The number of amides is 2. The summed E-state index contributed by atoms with van der Waals surface area (Å²) in [7, 11) is 0. The van der Waals surface area contributed by atoms with E-state index in [1.54, 1.807) is 42.5 Å². The Morgan fingerprint density at radius 1 is 1.18 bits per heavy atom. The fraction of sp³-hybridized carbons (Fsp3) is 0.158. The predicted molar refractivity (Wildman–Crippen MR) is 103 cm³/mol. The van der Waals surface area contributed by atoms with Crippen LogP contribution < -0.4 is 16.4 Å². The van der Waals surface area contributed by atoms with Crippen LogP contribution in [0.4, 0.5) is 11.4 Å². The normalized spacial score (nSPS) is 13.1. The number of nitrogens with one attached hydrogen (secondary N) is 3. The number of carbonyl (C=O) groups excluding carboxylic acids is 2. The summed E-state index contributed by atoms with van der Waals surface area (Å²) in [5, 5.41) is 22.1. The van der Waals surface area contributed by atoms with Crippen LogP contribution >= 0.6 is 0 Å². The van der Waals surface area contributed by atoms with E-state index in [0.29, 0.717) is 28.1 Å². The Morgan fingerprint density at radius 3 is 2.50 bits per heavy atom. The second-order valence-corrected chi connectivity index (χ2v) is 6.31. The van der Waals surface area contributed by atoms with Crippen molar-refractivity contribution in [3.05, 3.63) is 59.2 Å². The van der Waals surface area contributed by atoms with Crippen molar-refractivity contribution < 1.29 is 19.5 Å². The van der Waals surface area contributed by atoms with Crippen molar-refractivity contribution in [2.24, 2.45) is 5.73 Å². The summed E-state index contributed by atoms with van der Waals surface area (Å²) in [5.41, 5.74) is 8.27. The molecule has 0 aromatic heterocycles. The average molecular weight is 381 g/mol. The summed E-state index contributed by atoms with van der Waals surface area (Å²) in [6.07, 6.45) is 0. The molecule has 0 spiro atoms. The minimum Gasteiger partial charge on any atom is -0.480 e. The number of fused-ring (bicyclic) bond motifs is 1. The summed E-state index contributed by atoms with van der Waals surface area (Å²) < 4.78 is 0. The molecule has 0 atom stereocenters. The molecule has 0 aliphatic carbocycles. The minimum atomic E-state index is -1.09. The molecular formula is C19H19N5O4. The molecule has 0 radical (unpaired) electrons. The van der Waals surface area contributed by atoms with E-state index in [-0.39, 0.29) is 37.3 Å². The van der Waals surface area contributed by atoms with E-state index in [0.717, 1.165) is 0 Å². The number of rotatable bonds is 5. The zero-order valence-corrected chi connectivity index (χ0v) is 14.9. The Balaban J connectivity index is 1.77. The third-order valence-corrected chi connectivity index (χ3v) is 4.29. The molecule has 28 heavy (non-hydrogen) atoms. The lowest BCUT2D eigenvalue weighted by Crippen LogP contribution is -2.36. The van der Waals surface area contributed by atoms with Gasteiger partial charge in [0.05, 0.1) is 6.54 Å². The lowest BCUT2D eigenvalue weighted by Gasteiger charge is -2.18. The van der Waals surface area contributed by atoms with Gasteiger partial charge < -0.3 is 26.4 Å². The fourth-order valence-corrected chi connectivity index (χ4v) is 2.86. The second kappa shape index (κ2) is 7.78. The van der Waals surface area contributed by atoms with E-state index in [1.165, 1.54) is 4.90 Å². The van der Waals surface area contributed by atoms with Gasteiger partial charge in [-0.1, -0.05) is 12.1 Å². The lowest BCUT2D eigenvalue weighted by molar-refractivity contribution is -0.144. The number of nitrogens with two attached hydrogens (primary N) is 1. The molecule has 3 rings (SSSR count). The summed E-state index contributed by atoms with van der Waals surface area (Å²) in [4.78, 5) is 36.7. The molecule has 1 heterocycles. The van der Waals surface area contributed by atoms with Gasteiger partial charge in [-0.15, -0.1) is 0 Å². The van der Waals surface area contributed by atoms with Crippen LogP contribution in [-0.4, -0.2) is 46.7 Å². The number of nitrogens with zero attached hydrogens (tertiary/aromatic N) is 1. The van der Waals surface area contributed by atoms with Crippen LogP contribution in [0.25, 0.3) is 0 Å². The van der Waals surface area contributed by atoms with Crippen molar-refractivity contribution in [3.8, 4) is 0 Å². The molecule has 0 unspecified atom stereocenters. The largest absolute Gasteiger partial charge is 0.480 e. The number of hydrogen-bond acceptors (Lipinski definition) is 5. The molecule has 2 aromatic carbocycles. The number of aliphatic carboxylic acids is 1. The van der Waals surface area contributed by atoms with Crippen LogP contribution in [0.15, 0.2) is 42.5 Å². The number of amidine groups is 1. The Kier molecular flexibility index (Phi) is 5.25. The SMILES string of the molecule is N=C(N)c1ccc(C(=O)Nc2ccc3c(c2)CN(CC(=O)O)C(=O)CN3)cc1. The van der Waals surface area contributed by atoms with Crippen LogP contribution in [0, 0.1) is 5.41 Å². The number of carbonyl (C=O) groups is 3. The minimum absolute atomic E-state index is 0.00842. The first-order valence-corrected chi connectivity index (χ1v) is 8.45. The van der Waals surface area contributed by atoms with Gasteiger partial charge in [0.25, 0.3) is 5.91 Å². The first-order valence-electron chi connectivity index (χ1n) is 8.45. The molecule has 0 saturated carbocycles. The smallest absolute Gasteiger partial charge is 0.323 e. The molecule has 6 N–H and O–H groups in total. The summed E-state index contributed by atoms with van der Waals surface area (Å²) in [5.74, 6) is -1.81. The Bertz CT molecular complexity index is 955. The number of carboxylic acid groups (broad SMARTS) is 1. The number of nitrogen functional groups attached to an aromatic ring is 1. The molecule has 0 bridgehead atoms. The molecule has 1 aliphatic rings. The molecule has 144 valence electrons. The topological polar surface area (TPSA) is 149 Å². The van der Waals surface area contributed by atoms with Crippen LogP contribution in [0.1, 0.15) is 21.5 Å². The van der Waals surface area contributed by atoms with Gasteiger partial charge in [-0.05, 0) is 35.9 Å². The van der Waals surface area contributed by atoms with Gasteiger partial charge in [-0.3, -0.25) is 19.8 Å². The Morgan fingerprint density at radius 2 is 1.86 bits per heavy atom. The maximum atomic E-state index is 12.4. The van der Waals surface area contributed by atoms with Crippen molar-refractivity contribution in [3.63, 3.8) is 0 Å². The molecular weight excluding hydrogens is 362 g/mol. The van der Waals surface area contributed by atoms with Crippen molar-refractivity contribution in [2.45, 2.75) is 6.54 Å². The van der Waals surface area contributed by atoms with Crippen LogP contribution in [0.3, 0.4) is 0 Å². The van der Waals surface area contributed by atoms with Gasteiger partial charge in [0.15, 0.2) is 0 Å². The number of anilines is 2. The monoisotopic (exact) mass is 381 g/mol. The zero-order chi connectivity index (χ0) is 20.3. The van der Waals surface area contributed by atoms with E-state index in [2.05, 4.69) is 10.6 Å². The molecule has 2 amide bonds. The van der Waals surface area contributed by atoms with Crippen molar-refractivity contribution in [1.29, 1.82) is 5.41 Å². The Labute approximate surface area is 160 Å². The standard InChI is InChI=1S/C19H19N5O4/c20-18(21)11-1-3-12(4-2-11)19(28)23-14-5-6-15-13(7-14)9-24(10-17(26)27)16(25)8-22-15/h1-7,22H,8-10H2,(H3,20,21)(H,23,28)(H,26,27). The number of hydrogen-bond donors (Lipinski definition) is 5. The van der Waals surface area contributed by atoms with E-state index < -0.39 is 5.97 Å². The summed E-state index contributed by atoms with van der Waals surface area (Å²) >= 11 is 0. The van der Waals surface area contributed by atoms with Crippen LogP contribution in [-0.2, 0) is 16.1 Å². The first-order chi connectivity index (χ1) is 13.3. The molecule has 0 saturated heterocycles. The Hall–Kier alpha value is -3.88. The molecule has 9 nitrogen and oxygen atoms in total. The van der Waals surface area contributed by atoms with Gasteiger partial charge in [-0.2, -0.15) is 0 Å². The van der Waals surface area contributed by atoms with Crippen molar-refractivity contribution >= 4 is 35.0 Å². The molecule has 9 heteroatoms. The average Bonchev–Trinajstić information content (AvgIpc) is 2.80. The molecule has 2 aromatic rings. The first kappa shape index (κ1) is 18.9. The van der Waals surface area contributed by atoms with E-state index >= 15 is 0 Å². The van der Waals surface area contributed by atoms with E-state index in [4.69, 9.17) is 16.2 Å². The fourth-order valence-electron chi connectivity index (χ4n) is 2.86. The van der Waals surface area contributed by atoms with E-state index in [1.807, 2.05) is 0 Å². The van der Waals surface area contributed by atoms with Gasteiger partial charge in [-0.25, -0.2) is 0 Å². The predicted octanol–water partition coefficient (Wildman–Crippen LogP) is 1.06. The number of carboxylic acids is 1.